The van der Waals surface area contributed by atoms with Crippen molar-refractivity contribution in [3.63, 3.8) is 0 Å². The van der Waals surface area contributed by atoms with Crippen LogP contribution in [0.3, 0.4) is 0 Å². The van der Waals surface area contributed by atoms with E-state index in [-0.39, 0.29) is 5.82 Å². The van der Waals surface area contributed by atoms with Gasteiger partial charge >= 0.3 is 0 Å². The summed E-state index contributed by atoms with van der Waals surface area (Å²) < 4.78 is 18.7. The molecule has 0 amide bonds. The number of halogens is 1. The first kappa shape index (κ1) is 14.2. The molecule has 1 rings (SSSR count). The quantitative estimate of drug-likeness (QED) is 0.454. The summed E-state index contributed by atoms with van der Waals surface area (Å²) in [6, 6.07) is 3.04. The molecule has 96 valence electrons. The Balaban J connectivity index is 2.66. The van der Waals surface area contributed by atoms with Gasteiger partial charge in [0.2, 0.25) is 0 Å². The van der Waals surface area contributed by atoms with Crippen LogP contribution in [0.15, 0.2) is 17.0 Å². The van der Waals surface area contributed by atoms with E-state index in [0.29, 0.717) is 18.0 Å². The van der Waals surface area contributed by atoms with Gasteiger partial charge in [0.05, 0.1) is 6.61 Å². The van der Waals surface area contributed by atoms with Gasteiger partial charge in [0.25, 0.3) is 0 Å². The lowest BCUT2D eigenvalue weighted by molar-refractivity contribution is 0.321. The summed E-state index contributed by atoms with van der Waals surface area (Å²) in [6.45, 7) is 4.47. The lowest BCUT2D eigenvalue weighted by Crippen LogP contribution is -1.98. The van der Waals surface area contributed by atoms with E-state index in [1.54, 1.807) is 17.8 Å². The van der Waals surface area contributed by atoms with Gasteiger partial charge in [-0.15, -0.1) is 11.8 Å². The molecule has 17 heavy (non-hydrogen) atoms. The number of rotatable bonds is 7. The van der Waals surface area contributed by atoms with Crippen molar-refractivity contribution in [3.8, 4) is 5.75 Å². The second-order valence-electron chi connectivity index (χ2n) is 3.81. The third kappa shape index (κ3) is 4.46. The minimum Gasteiger partial charge on any atom is -0.491 e. The van der Waals surface area contributed by atoms with Gasteiger partial charge in [-0.2, -0.15) is 0 Å². The Morgan fingerprint density at radius 3 is 2.71 bits per heavy atom. The van der Waals surface area contributed by atoms with Gasteiger partial charge in [0.15, 0.2) is 11.6 Å². The lowest BCUT2D eigenvalue weighted by atomic mass is 10.3. The van der Waals surface area contributed by atoms with Crippen molar-refractivity contribution in [3.05, 3.63) is 17.9 Å². The smallest absolute Gasteiger partial charge is 0.167 e. The van der Waals surface area contributed by atoms with Crippen LogP contribution in [-0.2, 0) is 0 Å². The highest BCUT2D eigenvalue weighted by Crippen LogP contribution is 2.32. The minimum atomic E-state index is -0.387. The lowest BCUT2D eigenvalue weighted by Gasteiger charge is -2.10. The number of thioether (sulfide) groups is 1. The number of anilines is 1. The molecule has 0 spiro atoms. The fourth-order valence-electron chi connectivity index (χ4n) is 1.48. The Hall–Kier alpha value is -0.900. The molecule has 0 aliphatic heterocycles. The molecule has 0 unspecified atom stereocenters. The van der Waals surface area contributed by atoms with E-state index in [4.69, 9.17) is 10.5 Å². The van der Waals surface area contributed by atoms with E-state index in [0.717, 1.165) is 17.1 Å². The maximum atomic E-state index is 13.4. The molecule has 0 saturated carbocycles. The van der Waals surface area contributed by atoms with Crippen molar-refractivity contribution in [2.24, 2.45) is 0 Å². The molecule has 0 radical (unpaired) electrons. The van der Waals surface area contributed by atoms with Crippen LogP contribution in [0.4, 0.5) is 10.1 Å². The molecule has 0 fully saturated rings. The molecular formula is C13H20FNOS. The normalized spacial score (nSPS) is 10.5. The molecule has 0 atom stereocenters. The molecule has 4 heteroatoms. The highest BCUT2D eigenvalue weighted by molar-refractivity contribution is 7.99. The molecular weight excluding hydrogens is 237 g/mol. The van der Waals surface area contributed by atoms with E-state index >= 15 is 0 Å². The second kappa shape index (κ2) is 7.43. The first-order valence-corrected chi connectivity index (χ1v) is 7.02. The minimum absolute atomic E-state index is 0.291. The Morgan fingerprint density at radius 2 is 2.06 bits per heavy atom. The molecule has 1 aromatic carbocycles. The van der Waals surface area contributed by atoms with Crippen LogP contribution in [0.25, 0.3) is 0 Å². The summed E-state index contributed by atoms with van der Waals surface area (Å²) in [4.78, 5) is 0.908. The topological polar surface area (TPSA) is 35.2 Å². The zero-order valence-corrected chi connectivity index (χ0v) is 11.3. The van der Waals surface area contributed by atoms with E-state index in [9.17, 15) is 4.39 Å². The van der Waals surface area contributed by atoms with Gasteiger partial charge in [0.1, 0.15) is 0 Å². The number of unbranched alkanes of at least 4 members (excludes halogenated alkanes) is 2. The maximum absolute atomic E-state index is 13.4. The van der Waals surface area contributed by atoms with Crippen LogP contribution >= 0.6 is 11.8 Å². The summed E-state index contributed by atoms with van der Waals surface area (Å²) in [5.41, 5.74) is 6.28. The second-order valence-corrected chi connectivity index (χ2v) is 4.95. The average Bonchev–Trinajstić information content (AvgIpc) is 2.30. The molecule has 2 N–H and O–H groups in total. The predicted octanol–water partition coefficient (Wildman–Crippen LogP) is 4.09. The Morgan fingerprint density at radius 1 is 1.29 bits per heavy atom. The van der Waals surface area contributed by atoms with Crippen LogP contribution < -0.4 is 10.5 Å². The fourth-order valence-corrected chi connectivity index (χ4v) is 2.46. The van der Waals surface area contributed by atoms with Gasteiger partial charge in [-0.1, -0.05) is 19.8 Å². The summed E-state index contributed by atoms with van der Waals surface area (Å²) in [6.07, 6.45) is 3.57. The zero-order valence-electron chi connectivity index (χ0n) is 10.5. The number of nitrogens with two attached hydrogens (primary N) is 1. The average molecular weight is 257 g/mol. The molecule has 0 bridgehead atoms. The van der Waals surface area contributed by atoms with Crippen molar-refractivity contribution in [1.29, 1.82) is 0 Å². The predicted molar refractivity (Wildman–Crippen MR) is 72.2 cm³/mol. The van der Waals surface area contributed by atoms with Gasteiger partial charge in [-0.05, 0) is 25.2 Å². The van der Waals surface area contributed by atoms with E-state index in [1.165, 1.54) is 18.9 Å². The van der Waals surface area contributed by atoms with Gasteiger partial charge in [-0.3, -0.25) is 0 Å². The number of ether oxygens (including phenoxy) is 1. The first-order chi connectivity index (χ1) is 8.19. The number of benzene rings is 1. The van der Waals surface area contributed by atoms with E-state index in [2.05, 4.69) is 6.92 Å². The largest absolute Gasteiger partial charge is 0.491 e. The molecule has 0 aromatic heterocycles. The van der Waals surface area contributed by atoms with Crippen molar-refractivity contribution >= 4 is 17.4 Å². The standard InChI is InChI=1S/C13H20FNOS/c1-3-5-6-7-17-13-9-12(16-4-2)10(14)8-11(13)15/h8-9H,3-7,15H2,1-2H3. The summed E-state index contributed by atoms with van der Waals surface area (Å²) in [7, 11) is 0. The Bertz CT molecular complexity index is 358. The van der Waals surface area contributed by atoms with Gasteiger partial charge in [-0.25, -0.2) is 4.39 Å². The van der Waals surface area contributed by atoms with Crippen molar-refractivity contribution in [2.45, 2.75) is 38.0 Å². The molecule has 0 saturated heterocycles. The SMILES string of the molecule is CCCCCSc1cc(OCC)c(F)cc1N. The number of hydrogen-bond donors (Lipinski definition) is 1. The molecule has 0 heterocycles. The summed E-state index contributed by atoms with van der Waals surface area (Å²) in [5, 5.41) is 0. The van der Waals surface area contributed by atoms with E-state index in [1.807, 2.05) is 6.92 Å². The van der Waals surface area contributed by atoms with Gasteiger partial charge in [0, 0.05) is 16.6 Å². The molecule has 1 aromatic rings. The van der Waals surface area contributed by atoms with Crippen molar-refractivity contribution in [1.82, 2.24) is 0 Å². The highest BCUT2D eigenvalue weighted by atomic mass is 32.2. The Labute approximate surface area is 107 Å². The van der Waals surface area contributed by atoms with Crippen LogP contribution in [-0.4, -0.2) is 12.4 Å². The molecule has 2 nitrogen and oxygen atoms in total. The molecule has 0 aliphatic rings. The van der Waals surface area contributed by atoms with Crippen molar-refractivity contribution < 1.29 is 9.13 Å². The molecule has 0 aliphatic carbocycles. The van der Waals surface area contributed by atoms with Crippen LogP contribution in [0, 0.1) is 5.82 Å². The monoisotopic (exact) mass is 257 g/mol. The highest BCUT2D eigenvalue weighted by Gasteiger charge is 2.09. The first-order valence-electron chi connectivity index (χ1n) is 6.03. The van der Waals surface area contributed by atoms with E-state index < -0.39 is 0 Å². The van der Waals surface area contributed by atoms with Gasteiger partial charge < -0.3 is 10.5 Å². The van der Waals surface area contributed by atoms with Crippen molar-refractivity contribution in [2.75, 3.05) is 18.1 Å². The third-order valence-corrected chi connectivity index (χ3v) is 3.53. The number of hydrogen-bond acceptors (Lipinski definition) is 3. The summed E-state index contributed by atoms with van der Waals surface area (Å²) >= 11 is 1.66. The summed E-state index contributed by atoms with van der Waals surface area (Å²) in [5.74, 6) is 0.914. The Kier molecular flexibility index (Phi) is 6.19. The van der Waals surface area contributed by atoms with Crippen LogP contribution in [0.2, 0.25) is 0 Å². The van der Waals surface area contributed by atoms with Crippen LogP contribution in [0.5, 0.6) is 5.75 Å². The van der Waals surface area contributed by atoms with Crippen LogP contribution in [0.1, 0.15) is 33.1 Å². The zero-order chi connectivity index (χ0) is 12.7. The maximum Gasteiger partial charge on any atom is 0.167 e. The third-order valence-electron chi connectivity index (χ3n) is 2.37. The fraction of sp³-hybridized carbons (Fsp3) is 0.538. The number of nitrogen functional groups attached to an aromatic ring is 1.